The Kier molecular flexibility index (Phi) is 6.24. The topological polar surface area (TPSA) is 43.4 Å². The third-order valence-corrected chi connectivity index (χ3v) is 2.17. The van der Waals surface area contributed by atoms with Crippen LogP contribution >= 0.6 is 0 Å². The minimum atomic E-state index is -1.66. The van der Waals surface area contributed by atoms with Gasteiger partial charge in [-0.2, -0.15) is 0 Å². The Bertz CT molecular complexity index is 300. The van der Waals surface area contributed by atoms with Crippen LogP contribution in [-0.2, 0) is 20.1 Å². The third-order valence-electron chi connectivity index (χ3n) is 1.13. The van der Waals surface area contributed by atoms with Crippen LogP contribution in [0.1, 0.15) is 6.92 Å². The standard InChI is InChI=1S/C8H8O3S.Na.H/c1-7(9)11-12(10)8-5-3-2-4-6-8;;/h2-6H,1H3;;. The van der Waals surface area contributed by atoms with E-state index in [0.717, 1.165) is 0 Å². The van der Waals surface area contributed by atoms with Crippen LogP contribution in [0.5, 0.6) is 0 Å². The first-order valence-corrected chi connectivity index (χ1v) is 4.43. The Hall–Kier alpha value is -0.160. The molecule has 0 saturated carbocycles. The van der Waals surface area contributed by atoms with Crippen LogP contribution in [0.3, 0.4) is 0 Å². The van der Waals surface area contributed by atoms with Crippen LogP contribution < -0.4 is 0 Å². The molecule has 0 aromatic heterocycles. The van der Waals surface area contributed by atoms with Crippen molar-refractivity contribution in [1.29, 1.82) is 0 Å². The molecule has 0 saturated heterocycles. The molecule has 0 spiro atoms. The van der Waals surface area contributed by atoms with Gasteiger partial charge >= 0.3 is 35.5 Å². The van der Waals surface area contributed by atoms with Crippen LogP contribution in [0, 0.1) is 0 Å². The molecule has 13 heavy (non-hydrogen) atoms. The summed E-state index contributed by atoms with van der Waals surface area (Å²) < 4.78 is 15.6. The molecule has 1 rings (SSSR count). The van der Waals surface area contributed by atoms with Crippen molar-refractivity contribution in [1.82, 2.24) is 0 Å². The van der Waals surface area contributed by atoms with E-state index in [9.17, 15) is 9.00 Å². The molecule has 0 heterocycles. The third kappa shape index (κ3) is 4.57. The predicted molar refractivity (Wildman–Crippen MR) is 51.8 cm³/mol. The number of rotatable bonds is 2. The summed E-state index contributed by atoms with van der Waals surface area (Å²) in [7, 11) is 0. The maximum absolute atomic E-state index is 11.1. The van der Waals surface area contributed by atoms with Gasteiger partial charge in [-0.3, -0.25) is 4.79 Å². The van der Waals surface area contributed by atoms with Gasteiger partial charge in [-0.25, -0.2) is 4.21 Å². The van der Waals surface area contributed by atoms with Gasteiger partial charge < -0.3 is 4.18 Å². The van der Waals surface area contributed by atoms with E-state index in [1.165, 1.54) is 6.92 Å². The van der Waals surface area contributed by atoms with E-state index in [4.69, 9.17) is 0 Å². The summed E-state index contributed by atoms with van der Waals surface area (Å²) in [5, 5.41) is 0. The van der Waals surface area contributed by atoms with E-state index in [1.54, 1.807) is 30.3 Å². The van der Waals surface area contributed by atoms with Crippen LogP contribution in [0.2, 0.25) is 0 Å². The molecular formula is C8H9NaO3S. The van der Waals surface area contributed by atoms with Crippen LogP contribution in [0.25, 0.3) is 0 Å². The SMILES string of the molecule is CC(=O)OS(=O)c1ccccc1.[NaH]. The quantitative estimate of drug-likeness (QED) is 0.669. The molecule has 0 fully saturated rings. The molecule has 0 aliphatic carbocycles. The van der Waals surface area contributed by atoms with Gasteiger partial charge in [0.15, 0.2) is 0 Å². The Balaban J connectivity index is 0.00000144. The molecule has 0 bridgehead atoms. The molecule has 0 amide bonds. The van der Waals surface area contributed by atoms with Crippen molar-refractivity contribution in [2.75, 3.05) is 0 Å². The Morgan fingerprint density at radius 2 is 1.85 bits per heavy atom. The number of benzene rings is 1. The summed E-state index contributed by atoms with van der Waals surface area (Å²) >= 11 is -1.66. The average Bonchev–Trinajstić information content (AvgIpc) is 2.05. The van der Waals surface area contributed by atoms with Crippen molar-refractivity contribution in [3.05, 3.63) is 30.3 Å². The summed E-state index contributed by atoms with van der Waals surface area (Å²) in [4.78, 5) is 10.9. The monoisotopic (exact) mass is 208 g/mol. The average molecular weight is 208 g/mol. The molecule has 0 aliphatic rings. The van der Waals surface area contributed by atoms with Gasteiger partial charge in [0, 0.05) is 6.92 Å². The van der Waals surface area contributed by atoms with E-state index in [1.807, 2.05) is 0 Å². The van der Waals surface area contributed by atoms with Gasteiger partial charge in [0.2, 0.25) is 11.1 Å². The molecule has 1 atom stereocenters. The zero-order valence-corrected chi connectivity index (χ0v) is 7.34. The first-order valence-electron chi connectivity index (χ1n) is 3.36. The fourth-order valence-corrected chi connectivity index (χ4v) is 1.38. The molecular weight excluding hydrogens is 199 g/mol. The van der Waals surface area contributed by atoms with Crippen molar-refractivity contribution in [2.45, 2.75) is 11.8 Å². The second-order valence-corrected chi connectivity index (χ2v) is 3.23. The van der Waals surface area contributed by atoms with E-state index < -0.39 is 17.0 Å². The summed E-state index contributed by atoms with van der Waals surface area (Å²) in [6.45, 7) is 1.22. The molecule has 1 aromatic carbocycles. The first-order chi connectivity index (χ1) is 5.70. The van der Waals surface area contributed by atoms with Crippen LogP contribution in [0.15, 0.2) is 35.2 Å². The van der Waals surface area contributed by atoms with E-state index in [0.29, 0.717) is 4.90 Å². The molecule has 0 N–H and O–H groups in total. The fraction of sp³-hybridized carbons (Fsp3) is 0.125. The van der Waals surface area contributed by atoms with Crippen molar-refractivity contribution >= 4 is 46.6 Å². The minimum absolute atomic E-state index is 0. The maximum atomic E-state index is 11.1. The van der Waals surface area contributed by atoms with Gasteiger partial charge in [-0.15, -0.1) is 0 Å². The Labute approximate surface area is 101 Å². The normalized spacial score (nSPS) is 11.2. The van der Waals surface area contributed by atoms with E-state index in [2.05, 4.69) is 4.18 Å². The van der Waals surface area contributed by atoms with Crippen molar-refractivity contribution < 1.29 is 13.2 Å². The number of carbonyl (C=O) groups excluding carboxylic acids is 1. The first kappa shape index (κ1) is 12.8. The molecule has 3 nitrogen and oxygen atoms in total. The molecule has 66 valence electrons. The second-order valence-electron chi connectivity index (χ2n) is 2.12. The Morgan fingerprint density at radius 3 is 2.31 bits per heavy atom. The predicted octanol–water partition coefficient (Wildman–Crippen LogP) is 0.624. The molecule has 1 unspecified atom stereocenters. The second kappa shape index (κ2) is 6.32. The zero-order valence-electron chi connectivity index (χ0n) is 6.52. The molecule has 5 heteroatoms. The van der Waals surface area contributed by atoms with Gasteiger partial charge in [0.1, 0.15) is 0 Å². The van der Waals surface area contributed by atoms with Gasteiger partial charge in [0.25, 0.3) is 0 Å². The van der Waals surface area contributed by atoms with Crippen molar-refractivity contribution in [3.8, 4) is 0 Å². The fourth-order valence-electron chi connectivity index (χ4n) is 0.686. The summed E-state index contributed by atoms with van der Waals surface area (Å²) in [6, 6.07) is 8.54. The summed E-state index contributed by atoms with van der Waals surface area (Å²) in [5.74, 6) is -0.544. The number of hydrogen-bond acceptors (Lipinski definition) is 3. The van der Waals surface area contributed by atoms with Gasteiger partial charge in [0.05, 0.1) is 4.90 Å². The van der Waals surface area contributed by atoms with Crippen molar-refractivity contribution in [3.63, 3.8) is 0 Å². The summed E-state index contributed by atoms with van der Waals surface area (Å²) in [5.41, 5.74) is 0. The van der Waals surface area contributed by atoms with E-state index in [-0.39, 0.29) is 29.6 Å². The van der Waals surface area contributed by atoms with Gasteiger partial charge in [-0.1, -0.05) is 18.2 Å². The molecule has 0 radical (unpaired) electrons. The van der Waals surface area contributed by atoms with Crippen LogP contribution in [-0.4, -0.2) is 39.7 Å². The Morgan fingerprint density at radius 1 is 1.31 bits per heavy atom. The van der Waals surface area contributed by atoms with Crippen molar-refractivity contribution in [2.24, 2.45) is 0 Å². The van der Waals surface area contributed by atoms with Gasteiger partial charge in [-0.05, 0) is 12.1 Å². The van der Waals surface area contributed by atoms with E-state index >= 15 is 0 Å². The number of carbonyl (C=O) groups is 1. The van der Waals surface area contributed by atoms with Crippen LogP contribution in [0.4, 0.5) is 0 Å². The number of hydrogen-bond donors (Lipinski definition) is 0. The molecule has 1 aromatic rings. The summed E-state index contributed by atoms with van der Waals surface area (Å²) in [6.07, 6.45) is 0. The zero-order chi connectivity index (χ0) is 8.97. The molecule has 0 aliphatic heterocycles.